The van der Waals surface area contributed by atoms with Crippen molar-refractivity contribution >= 4 is 0 Å². The summed E-state index contributed by atoms with van der Waals surface area (Å²) in [4.78, 5) is 0. The summed E-state index contributed by atoms with van der Waals surface area (Å²) < 4.78 is 0. The molecule has 0 aromatic heterocycles. The van der Waals surface area contributed by atoms with Crippen molar-refractivity contribution in [2.45, 2.75) is 47.0 Å². The van der Waals surface area contributed by atoms with Crippen molar-refractivity contribution in [1.29, 1.82) is 0 Å². The third-order valence-corrected chi connectivity index (χ3v) is 2.49. The summed E-state index contributed by atoms with van der Waals surface area (Å²) in [5, 5.41) is 0. The second kappa shape index (κ2) is 6.05. The first-order valence-electron chi connectivity index (χ1n) is 4.89. The largest absolute Gasteiger partial charge is 0.0999 e. The Bertz CT molecular complexity index is 163. The van der Waals surface area contributed by atoms with Crippen LogP contribution in [0.4, 0.5) is 0 Å². The van der Waals surface area contributed by atoms with Crippen LogP contribution in [0.1, 0.15) is 47.0 Å². The van der Waals surface area contributed by atoms with Crippen molar-refractivity contribution in [3.05, 3.63) is 23.8 Å². The van der Waals surface area contributed by atoms with E-state index in [2.05, 4.69) is 40.3 Å². The Morgan fingerprint density at radius 1 is 1.42 bits per heavy atom. The van der Waals surface area contributed by atoms with Gasteiger partial charge < -0.3 is 0 Å². The Labute approximate surface area is 77.4 Å². The lowest BCUT2D eigenvalue weighted by Gasteiger charge is -2.08. The van der Waals surface area contributed by atoms with Crippen LogP contribution in [-0.4, -0.2) is 0 Å². The molecule has 0 saturated heterocycles. The van der Waals surface area contributed by atoms with Crippen LogP contribution < -0.4 is 0 Å². The fourth-order valence-corrected chi connectivity index (χ4v) is 0.970. The van der Waals surface area contributed by atoms with E-state index in [0.717, 1.165) is 0 Å². The van der Waals surface area contributed by atoms with Crippen LogP contribution in [0.5, 0.6) is 0 Å². The molecule has 0 spiro atoms. The zero-order valence-electron chi connectivity index (χ0n) is 8.98. The molecule has 0 nitrogen and oxygen atoms in total. The lowest BCUT2D eigenvalue weighted by atomic mass is 9.98. The molecule has 0 aliphatic rings. The smallest absolute Gasteiger partial charge is 0.0234 e. The van der Waals surface area contributed by atoms with Crippen LogP contribution in [-0.2, 0) is 0 Å². The molecule has 1 unspecified atom stereocenters. The number of hydrogen-bond donors (Lipinski definition) is 0. The zero-order valence-corrected chi connectivity index (χ0v) is 8.98. The average Bonchev–Trinajstić information content (AvgIpc) is 2.03. The fourth-order valence-electron chi connectivity index (χ4n) is 0.970. The van der Waals surface area contributed by atoms with Crippen LogP contribution in [0.15, 0.2) is 23.8 Å². The molecule has 0 aromatic rings. The minimum absolute atomic E-state index is 0.672. The highest BCUT2D eigenvalue weighted by atomic mass is 14.1. The molecule has 0 saturated carbocycles. The van der Waals surface area contributed by atoms with E-state index in [1.807, 2.05) is 0 Å². The van der Waals surface area contributed by atoms with Gasteiger partial charge >= 0.3 is 0 Å². The topological polar surface area (TPSA) is 0 Å². The lowest BCUT2D eigenvalue weighted by Crippen LogP contribution is -1.93. The molecule has 1 atom stereocenters. The molecule has 0 heteroatoms. The minimum atomic E-state index is 0.672. The van der Waals surface area contributed by atoms with Crippen LogP contribution in [0.25, 0.3) is 0 Å². The van der Waals surface area contributed by atoms with E-state index in [1.54, 1.807) is 0 Å². The van der Waals surface area contributed by atoms with Crippen molar-refractivity contribution in [2.24, 2.45) is 5.92 Å². The zero-order chi connectivity index (χ0) is 9.56. The van der Waals surface area contributed by atoms with Crippen LogP contribution in [0.2, 0.25) is 0 Å². The van der Waals surface area contributed by atoms with Gasteiger partial charge in [0.25, 0.3) is 0 Å². The van der Waals surface area contributed by atoms with E-state index in [1.165, 1.54) is 30.4 Å². The van der Waals surface area contributed by atoms with Gasteiger partial charge in [0.1, 0.15) is 0 Å². The summed E-state index contributed by atoms with van der Waals surface area (Å²) in [5.74, 6) is 0.672. The van der Waals surface area contributed by atoms with Crippen LogP contribution in [0, 0.1) is 5.92 Å². The van der Waals surface area contributed by atoms with Gasteiger partial charge in [-0.15, -0.1) is 0 Å². The maximum atomic E-state index is 3.95. The predicted octanol–water partition coefficient (Wildman–Crippen LogP) is 4.34. The highest BCUT2D eigenvalue weighted by molar-refractivity contribution is 4.99. The van der Waals surface area contributed by atoms with Gasteiger partial charge in [0.05, 0.1) is 0 Å². The molecule has 70 valence electrons. The molecular weight excluding hydrogens is 144 g/mol. The Morgan fingerprint density at radius 3 is 2.42 bits per heavy atom. The molecule has 0 radical (unpaired) electrons. The van der Waals surface area contributed by atoms with E-state index in [0.29, 0.717) is 5.92 Å². The van der Waals surface area contributed by atoms with Gasteiger partial charge in [0, 0.05) is 0 Å². The van der Waals surface area contributed by atoms with Crippen molar-refractivity contribution < 1.29 is 0 Å². The minimum Gasteiger partial charge on any atom is -0.0999 e. The predicted molar refractivity (Wildman–Crippen MR) is 57.3 cm³/mol. The maximum Gasteiger partial charge on any atom is -0.0234 e. The average molecular weight is 166 g/mol. The first-order valence-corrected chi connectivity index (χ1v) is 4.89. The first kappa shape index (κ1) is 11.5. The highest BCUT2D eigenvalue weighted by Crippen LogP contribution is 2.15. The number of hydrogen-bond acceptors (Lipinski definition) is 0. The van der Waals surface area contributed by atoms with E-state index in [4.69, 9.17) is 0 Å². The monoisotopic (exact) mass is 166 g/mol. The molecule has 0 N–H and O–H groups in total. The molecule has 0 rings (SSSR count). The standard InChI is InChI=1S/C12H22/c1-6-11(4)8-7-9-12(5)10(2)3/h8,12H,2,6-7,9H2,1,3-5H3/b11-8-. The fraction of sp³-hybridized carbons (Fsp3) is 0.667. The summed E-state index contributed by atoms with van der Waals surface area (Å²) >= 11 is 0. The van der Waals surface area contributed by atoms with Gasteiger partial charge in [-0.1, -0.05) is 37.6 Å². The summed E-state index contributed by atoms with van der Waals surface area (Å²) in [6.07, 6.45) is 5.97. The number of allylic oxidation sites excluding steroid dienone is 3. The van der Waals surface area contributed by atoms with E-state index in [9.17, 15) is 0 Å². The molecule has 0 heterocycles. The molecule has 0 amide bonds. The van der Waals surface area contributed by atoms with E-state index >= 15 is 0 Å². The van der Waals surface area contributed by atoms with Crippen molar-refractivity contribution in [3.63, 3.8) is 0 Å². The summed E-state index contributed by atoms with van der Waals surface area (Å²) in [5.41, 5.74) is 2.81. The van der Waals surface area contributed by atoms with E-state index < -0.39 is 0 Å². The second-order valence-corrected chi connectivity index (χ2v) is 3.73. The molecule has 0 bridgehead atoms. The molecule has 0 aliphatic heterocycles. The van der Waals surface area contributed by atoms with Gasteiger partial charge in [-0.05, 0) is 39.0 Å². The molecular formula is C12H22. The Balaban J connectivity index is 3.62. The number of rotatable bonds is 5. The molecule has 0 fully saturated rings. The van der Waals surface area contributed by atoms with Gasteiger partial charge in [0.15, 0.2) is 0 Å². The van der Waals surface area contributed by atoms with Crippen molar-refractivity contribution in [2.75, 3.05) is 0 Å². The van der Waals surface area contributed by atoms with Gasteiger partial charge in [-0.2, -0.15) is 0 Å². The van der Waals surface area contributed by atoms with Crippen molar-refractivity contribution in [3.8, 4) is 0 Å². The SMILES string of the molecule is C=C(C)C(C)CC/C=C(/C)CC. The molecule has 12 heavy (non-hydrogen) atoms. The summed E-state index contributed by atoms with van der Waals surface area (Å²) in [7, 11) is 0. The van der Waals surface area contributed by atoms with Crippen LogP contribution in [0.3, 0.4) is 0 Å². The van der Waals surface area contributed by atoms with Crippen molar-refractivity contribution in [1.82, 2.24) is 0 Å². The van der Waals surface area contributed by atoms with Gasteiger partial charge in [-0.3, -0.25) is 0 Å². The van der Waals surface area contributed by atoms with Gasteiger partial charge in [0.2, 0.25) is 0 Å². The normalized spacial score (nSPS) is 14.5. The Kier molecular flexibility index (Phi) is 5.79. The molecule has 0 aromatic carbocycles. The maximum absolute atomic E-state index is 3.95. The first-order chi connectivity index (χ1) is 5.57. The van der Waals surface area contributed by atoms with E-state index in [-0.39, 0.29) is 0 Å². The van der Waals surface area contributed by atoms with Crippen LogP contribution >= 0.6 is 0 Å². The summed E-state index contributed by atoms with van der Waals surface area (Å²) in [6, 6.07) is 0. The lowest BCUT2D eigenvalue weighted by molar-refractivity contribution is 0.622. The second-order valence-electron chi connectivity index (χ2n) is 3.73. The molecule has 0 aliphatic carbocycles. The quantitative estimate of drug-likeness (QED) is 0.533. The Morgan fingerprint density at radius 2 is 2.00 bits per heavy atom. The highest BCUT2D eigenvalue weighted by Gasteiger charge is 1.99. The van der Waals surface area contributed by atoms with Gasteiger partial charge in [-0.25, -0.2) is 0 Å². The third-order valence-electron chi connectivity index (χ3n) is 2.49. The third kappa shape index (κ3) is 5.17. The Hall–Kier alpha value is -0.520. The summed E-state index contributed by atoms with van der Waals surface area (Å²) in [6.45, 7) is 12.7.